The average Bonchev–Trinajstić information content (AvgIpc) is 2.18. The van der Waals surface area contributed by atoms with Crippen LogP contribution in [-0.2, 0) is 0 Å². The molecule has 0 spiro atoms. The second-order valence-corrected chi connectivity index (χ2v) is 3.58. The molecule has 0 aliphatic carbocycles. The average molecular weight is 196 g/mol. The van der Waals surface area contributed by atoms with Crippen molar-refractivity contribution in [2.24, 2.45) is 5.73 Å². The van der Waals surface area contributed by atoms with Crippen molar-refractivity contribution < 1.29 is 4.39 Å². The van der Waals surface area contributed by atoms with Gasteiger partial charge in [-0.3, -0.25) is 0 Å². The summed E-state index contributed by atoms with van der Waals surface area (Å²) < 4.78 is 12.6. The highest BCUT2D eigenvalue weighted by molar-refractivity contribution is 5.19. The molecule has 1 aromatic carbocycles. The van der Waals surface area contributed by atoms with E-state index in [9.17, 15) is 4.39 Å². The van der Waals surface area contributed by atoms with Gasteiger partial charge in [0.25, 0.3) is 0 Å². The predicted octanol–water partition coefficient (Wildman–Crippen LogP) is 1.82. The van der Waals surface area contributed by atoms with Crippen molar-refractivity contribution in [1.29, 1.82) is 0 Å². The van der Waals surface area contributed by atoms with Gasteiger partial charge in [0.15, 0.2) is 0 Å². The summed E-state index contributed by atoms with van der Waals surface area (Å²) in [4.78, 5) is 0. The Morgan fingerprint density at radius 2 is 1.86 bits per heavy atom. The molecule has 0 saturated heterocycles. The van der Waals surface area contributed by atoms with Gasteiger partial charge >= 0.3 is 0 Å². The van der Waals surface area contributed by atoms with E-state index in [1.54, 1.807) is 12.1 Å². The summed E-state index contributed by atoms with van der Waals surface area (Å²) in [5, 5.41) is 3.32. The number of halogens is 1. The van der Waals surface area contributed by atoms with E-state index in [1.165, 1.54) is 12.1 Å². The molecule has 0 fully saturated rings. The molecule has 0 heterocycles. The smallest absolute Gasteiger partial charge is 0.123 e. The van der Waals surface area contributed by atoms with Gasteiger partial charge in [-0.2, -0.15) is 0 Å². The van der Waals surface area contributed by atoms with Crippen LogP contribution in [0.5, 0.6) is 0 Å². The molecule has 3 heteroatoms. The molecule has 1 unspecified atom stereocenters. The summed E-state index contributed by atoms with van der Waals surface area (Å²) in [6.45, 7) is 4.67. The van der Waals surface area contributed by atoms with E-state index < -0.39 is 0 Å². The summed E-state index contributed by atoms with van der Waals surface area (Å²) in [5.41, 5.74) is 6.58. The van der Waals surface area contributed by atoms with Crippen molar-refractivity contribution in [2.75, 3.05) is 6.54 Å². The van der Waals surface area contributed by atoms with E-state index in [2.05, 4.69) is 5.32 Å². The number of nitrogens with one attached hydrogen (secondary N) is 1. The van der Waals surface area contributed by atoms with Gasteiger partial charge in [-0.15, -0.1) is 0 Å². The van der Waals surface area contributed by atoms with E-state index in [-0.39, 0.29) is 17.9 Å². The maximum Gasteiger partial charge on any atom is 0.123 e. The Morgan fingerprint density at radius 1 is 1.29 bits per heavy atom. The number of hydrogen-bond donors (Lipinski definition) is 2. The third kappa shape index (κ3) is 3.09. The summed E-state index contributed by atoms with van der Waals surface area (Å²) >= 11 is 0. The molecule has 0 aliphatic rings. The fraction of sp³-hybridized carbons (Fsp3) is 0.455. The van der Waals surface area contributed by atoms with Crippen LogP contribution < -0.4 is 11.1 Å². The van der Waals surface area contributed by atoms with Gasteiger partial charge in [0, 0.05) is 18.6 Å². The predicted molar refractivity (Wildman–Crippen MR) is 56.5 cm³/mol. The van der Waals surface area contributed by atoms with Crippen molar-refractivity contribution in [1.82, 2.24) is 5.32 Å². The van der Waals surface area contributed by atoms with Crippen molar-refractivity contribution in [3.05, 3.63) is 35.6 Å². The zero-order valence-corrected chi connectivity index (χ0v) is 8.63. The second kappa shape index (κ2) is 5.08. The normalized spacial score (nSPS) is 15.1. The fourth-order valence-corrected chi connectivity index (χ4v) is 1.34. The number of hydrogen-bond acceptors (Lipinski definition) is 2. The van der Waals surface area contributed by atoms with Crippen LogP contribution in [-0.4, -0.2) is 12.6 Å². The van der Waals surface area contributed by atoms with Gasteiger partial charge in [-0.1, -0.05) is 12.1 Å². The maximum atomic E-state index is 12.6. The first-order valence-corrected chi connectivity index (χ1v) is 4.85. The minimum Gasteiger partial charge on any atom is -0.329 e. The van der Waals surface area contributed by atoms with Crippen LogP contribution in [0.2, 0.25) is 0 Å². The highest BCUT2D eigenvalue weighted by atomic mass is 19.1. The lowest BCUT2D eigenvalue weighted by Gasteiger charge is -2.18. The number of benzene rings is 1. The standard InChI is InChI=1S/C11H17FN2/c1-8(7-13)14-9(2)10-3-5-11(12)6-4-10/h3-6,8-9,14H,7,13H2,1-2H3/t8?,9-/m0/s1. The molecular formula is C11H17FN2. The summed E-state index contributed by atoms with van der Waals surface area (Å²) in [6.07, 6.45) is 0. The van der Waals surface area contributed by atoms with E-state index in [0.717, 1.165) is 5.56 Å². The summed E-state index contributed by atoms with van der Waals surface area (Å²) in [7, 11) is 0. The second-order valence-electron chi connectivity index (χ2n) is 3.58. The van der Waals surface area contributed by atoms with Crippen LogP contribution in [0.1, 0.15) is 25.5 Å². The Morgan fingerprint density at radius 3 is 2.36 bits per heavy atom. The van der Waals surface area contributed by atoms with E-state index >= 15 is 0 Å². The molecule has 2 nitrogen and oxygen atoms in total. The van der Waals surface area contributed by atoms with Gasteiger partial charge in [0.05, 0.1) is 0 Å². The first kappa shape index (κ1) is 11.1. The molecule has 14 heavy (non-hydrogen) atoms. The Labute approximate surface area is 84.3 Å². The monoisotopic (exact) mass is 196 g/mol. The van der Waals surface area contributed by atoms with Gasteiger partial charge in [0.2, 0.25) is 0 Å². The van der Waals surface area contributed by atoms with Gasteiger partial charge in [-0.05, 0) is 31.5 Å². The SMILES string of the molecule is CC(CN)N[C@@H](C)c1ccc(F)cc1. The Hall–Kier alpha value is -0.930. The third-order valence-corrected chi connectivity index (χ3v) is 2.26. The Kier molecular flexibility index (Phi) is 4.04. The molecule has 2 atom stereocenters. The molecule has 1 rings (SSSR count). The van der Waals surface area contributed by atoms with E-state index in [4.69, 9.17) is 5.73 Å². The number of nitrogens with two attached hydrogens (primary N) is 1. The zero-order chi connectivity index (χ0) is 10.6. The Bertz CT molecular complexity index is 271. The van der Waals surface area contributed by atoms with Crippen LogP contribution >= 0.6 is 0 Å². The molecule has 0 radical (unpaired) electrons. The molecule has 0 saturated carbocycles. The first-order valence-electron chi connectivity index (χ1n) is 4.85. The lowest BCUT2D eigenvalue weighted by Crippen LogP contribution is -2.34. The Balaban J connectivity index is 2.60. The topological polar surface area (TPSA) is 38.0 Å². The van der Waals surface area contributed by atoms with E-state index in [0.29, 0.717) is 6.54 Å². The van der Waals surface area contributed by atoms with Crippen LogP contribution in [0.25, 0.3) is 0 Å². The highest BCUT2D eigenvalue weighted by Gasteiger charge is 2.07. The lowest BCUT2D eigenvalue weighted by atomic mass is 10.1. The van der Waals surface area contributed by atoms with Crippen LogP contribution in [0, 0.1) is 5.82 Å². The zero-order valence-electron chi connectivity index (χ0n) is 8.63. The highest BCUT2D eigenvalue weighted by Crippen LogP contribution is 2.13. The third-order valence-electron chi connectivity index (χ3n) is 2.26. The van der Waals surface area contributed by atoms with Gasteiger partial charge in [0.1, 0.15) is 5.82 Å². The van der Waals surface area contributed by atoms with Crippen molar-refractivity contribution in [2.45, 2.75) is 25.9 Å². The van der Waals surface area contributed by atoms with Gasteiger partial charge in [-0.25, -0.2) is 4.39 Å². The summed E-state index contributed by atoms with van der Waals surface area (Å²) in [6, 6.07) is 7.00. The van der Waals surface area contributed by atoms with Crippen LogP contribution in [0.3, 0.4) is 0 Å². The fourth-order valence-electron chi connectivity index (χ4n) is 1.34. The van der Waals surface area contributed by atoms with Crippen molar-refractivity contribution >= 4 is 0 Å². The largest absolute Gasteiger partial charge is 0.329 e. The molecule has 1 aromatic rings. The molecular weight excluding hydrogens is 179 g/mol. The first-order chi connectivity index (χ1) is 6.63. The van der Waals surface area contributed by atoms with Gasteiger partial charge < -0.3 is 11.1 Å². The van der Waals surface area contributed by atoms with Crippen LogP contribution in [0.4, 0.5) is 4.39 Å². The molecule has 0 aliphatic heterocycles. The van der Waals surface area contributed by atoms with E-state index in [1.807, 2.05) is 13.8 Å². The molecule has 0 aromatic heterocycles. The molecule has 0 amide bonds. The lowest BCUT2D eigenvalue weighted by molar-refractivity contribution is 0.485. The van der Waals surface area contributed by atoms with Crippen LogP contribution in [0.15, 0.2) is 24.3 Å². The molecule has 3 N–H and O–H groups in total. The van der Waals surface area contributed by atoms with Crippen molar-refractivity contribution in [3.8, 4) is 0 Å². The number of rotatable bonds is 4. The maximum absolute atomic E-state index is 12.6. The minimum absolute atomic E-state index is 0.201. The minimum atomic E-state index is -0.201. The molecule has 78 valence electrons. The summed E-state index contributed by atoms with van der Waals surface area (Å²) in [5.74, 6) is -0.201. The van der Waals surface area contributed by atoms with Crippen molar-refractivity contribution in [3.63, 3.8) is 0 Å². The quantitative estimate of drug-likeness (QED) is 0.771. The molecule has 0 bridgehead atoms.